The maximum absolute atomic E-state index is 12.3. The Hall–Kier alpha value is -2.24. The fourth-order valence-corrected chi connectivity index (χ4v) is 3.78. The quantitative estimate of drug-likeness (QED) is 0.824. The number of nitrogens with one attached hydrogen (secondary N) is 2. The second-order valence-electron chi connectivity index (χ2n) is 6.92. The predicted octanol–water partition coefficient (Wildman–Crippen LogP) is 3.14. The van der Waals surface area contributed by atoms with Crippen molar-refractivity contribution in [3.05, 3.63) is 24.3 Å². The lowest BCUT2D eigenvalue weighted by molar-refractivity contribution is -0.129. The predicted molar refractivity (Wildman–Crippen MR) is 96.8 cm³/mol. The molecule has 2 fully saturated rings. The van der Waals surface area contributed by atoms with Crippen LogP contribution in [0.2, 0.25) is 0 Å². The summed E-state index contributed by atoms with van der Waals surface area (Å²) < 4.78 is 5.10. The molecule has 136 valence electrons. The van der Waals surface area contributed by atoms with Crippen molar-refractivity contribution in [3.8, 4) is 5.75 Å². The largest absolute Gasteiger partial charge is 0.497 e. The fraction of sp³-hybridized carbons (Fsp3) is 0.579. The van der Waals surface area contributed by atoms with Crippen LogP contribution in [0.3, 0.4) is 0 Å². The summed E-state index contributed by atoms with van der Waals surface area (Å²) in [4.78, 5) is 26.5. The number of carbonyl (C=O) groups is 2. The van der Waals surface area contributed by atoms with Crippen LogP contribution in [0, 0.1) is 0 Å². The van der Waals surface area contributed by atoms with E-state index in [4.69, 9.17) is 4.74 Å². The van der Waals surface area contributed by atoms with Gasteiger partial charge in [0.1, 0.15) is 5.75 Å². The first-order valence-corrected chi connectivity index (χ1v) is 9.17. The van der Waals surface area contributed by atoms with E-state index in [0.29, 0.717) is 24.7 Å². The maximum atomic E-state index is 12.3. The van der Waals surface area contributed by atoms with Crippen LogP contribution in [-0.4, -0.2) is 42.6 Å². The normalized spacial score (nSPS) is 21.7. The number of urea groups is 1. The molecule has 1 saturated heterocycles. The highest BCUT2D eigenvalue weighted by Gasteiger charge is 2.35. The van der Waals surface area contributed by atoms with Crippen molar-refractivity contribution in [2.45, 2.75) is 57.0 Å². The van der Waals surface area contributed by atoms with Gasteiger partial charge in [-0.1, -0.05) is 25.7 Å². The van der Waals surface area contributed by atoms with E-state index in [2.05, 4.69) is 10.6 Å². The van der Waals surface area contributed by atoms with E-state index in [1.54, 1.807) is 31.4 Å². The Morgan fingerprint density at radius 3 is 2.44 bits per heavy atom. The van der Waals surface area contributed by atoms with Gasteiger partial charge in [0.2, 0.25) is 5.91 Å². The first kappa shape index (κ1) is 17.6. The number of nitrogens with zero attached hydrogens (tertiary/aromatic N) is 1. The minimum Gasteiger partial charge on any atom is -0.497 e. The van der Waals surface area contributed by atoms with Crippen LogP contribution in [0.15, 0.2) is 24.3 Å². The van der Waals surface area contributed by atoms with Gasteiger partial charge in [0, 0.05) is 24.7 Å². The lowest BCUT2D eigenvalue weighted by Gasteiger charge is -2.27. The topological polar surface area (TPSA) is 70.7 Å². The van der Waals surface area contributed by atoms with Crippen molar-refractivity contribution in [2.24, 2.45) is 0 Å². The van der Waals surface area contributed by atoms with E-state index in [-0.39, 0.29) is 18.0 Å². The zero-order chi connectivity index (χ0) is 17.6. The molecule has 1 saturated carbocycles. The van der Waals surface area contributed by atoms with E-state index in [1.807, 2.05) is 4.90 Å². The summed E-state index contributed by atoms with van der Waals surface area (Å²) in [7, 11) is 1.60. The number of methoxy groups -OCH3 is 1. The second-order valence-corrected chi connectivity index (χ2v) is 6.92. The maximum Gasteiger partial charge on any atom is 0.319 e. The molecule has 0 unspecified atom stereocenters. The van der Waals surface area contributed by atoms with Gasteiger partial charge in [-0.05, 0) is 37.1 Å². The van der Waals surface area contributed by atoms with E-state index >= 15 is 0 Å². The van der Waals surface area contributed by atoms with Gasteiger partial charge in [0.15, 0.2) is 0 Å². The molecule has 1 aromatic carbocycles. The van der Waals surface area contributed by atoms with Gasteiger partial charge < -0.3 is 20.3 Å². The molecule has 3 amide bonds. The third kappa shape index (κ3) is 4.65. The first-order valence-electron chi connectivity index (χ1n) is 9.17. The van der Waals surface area contributed by atoms with Gasteiger partial charge in [-0.2, -0.15) is 0 Å². The highest BCUT2D eigenvalue weighted by Crippen LogP contribution is 2.26. The molecule has 0 radical (unpaired) electrons. The summed E-state index contributed by atoms with van der Waals surface area (Å²) >= 11 is 0. The van der Waals surface area contributed by atoms with Crippen LogP contribution in [-0.2, 0) is 4.79 Å². The summed E-state index contributed by atoms with van der Waals surface area (Å²) in [6, 6.07) is 7.13. The summed E-state index contributed by atoms with van der Waals surface area (Å²) in [5, 5.41) is 5.73. The number of likely N-dealkylation sites (tertiary alicyclic amines) is 1. The summed E-state index contributed by atoms with van der Waals surface area (Å²) in [5.74, 6) is 0.910. The Morgan fingerprint density at radius 2 is 1.80 bits per heavy atom. The molecule has 2 N–H and O–H groups in total. The third-order valence-electron chi connectivity index (χ3n) is 5.11. The molecule has 0 bridgehead atoms. The van der Waals surface area contributed by atoms with Gasteiger partial charge in [-0.3, -0.25) is 4.79 Å². The average Bonchev–Trinajstić information content (AvgIpc) is 2.81. The molecule has 0 spiro atoms. The number of carbonyl (C=O) groups excluding carboxylic acids is 2. The third-order valence-corrected chi connectivity index (χ3v) is 5.11. The zero-order valence-electron chi connectivity index (χ0n) is 14.8. The second kappa shape index (κ2) is 8.23. The van der Waals surface area contributed by atoms with Gasteiger partial charge in [-0.15, -0.1) is 0 Å². The molecule has 1 atom stereocenters. The van der Waals surface area contributed by atoms with Gasteiger partial charge in [-0.25, -0.2) is 4.79 Å². The molecule has 2 aliphatic rings. The van der Waals surface area contributed by atoms with Crippen molar-refractivity contribution >= 4 is 17.6 Å². The molecule has 6 heteroatoms. The zero-order valence-corrected chi connectivity index (χ0v) is 14.8. The van der Waals surface area contributed by atoms with E-state index in [0.717, 1.165) is 18.6 Å². The van der Waals surface area contributed by atoms with Gasteiger partial charge in [0.05, 0.1) is 13.2 Å². The number of hydrogen-bond acceptors (Lipinski definition) is 3. The van der Waals surface area contributed by atoms with Crippen molar-refractivity contribution in [1.29, 1.82) is 0 Å². The SMILES string of the molecule is COc1ccc(NC(=O)N[C@H]2CC(=O)N(C3CCCCCC3)C2)cc1. The summed E-state index contributed by atoms with van der Waals surface area (Å²) in [5.41, 5.74) is 0.697. The van der Waals surface area contributed by atoms with Crippen molar-refractivity contribution in [2.75, 3.05) is 19.0 Å². The monoisotopic (exact) mass is 345 g/mol. The van der Waals surface area contributed by atoms with Gasteiger partial charge >= 0.3 is 6.03 Å². The minimum absolute atomic E-state index is 0.117. The van der Waals surface area contributed by atoms with Crippen LogP contribution in [0.1, 0.15) is 44.9 Å². The first-order chi connectivity index (χ1) is 12.2. The molecule has 6 nitrogen and oxygen atoms in total. The summed E-state index contributed by atoms with van der Waals surface area (Å²) in [6.45, 7) is 0.625. The Bertz CT molecular complexity index is 594. The number of rotatable bonds is 4. The fourth-order valence-electron chi connectivity index (χ4n) is 3.78. The number of benzene rings is 1. The molecule has 1 aliphatic carbocycles. The van der Waals surface area contributed by atoms with Crippen molar-refractivity contribution in [1.82, 2.24) is 10.2 Å². The smallest absolute Gasteiger partial charge is 0.319 e. The van der Waals surface area contributed by atoms with Crippen molar-refractivity contribution in [3.63, 3.8) is 0 Å². The van der Waals surface area contributed by atoms with Crippen LogP contribution in [0.25, 0.3) is 0 Å². The average molecular weight is 345 g/mol. The number of hydrogen-bond donors (Lipinski definition) is 2. The molecule has 0 aromatic heterocycles. The summed E-state index contributed by atoms with van der Waals surface area (Å²) in [6.07, 6.45) is 7.52. The number of ether oxygens (including phenoxy) is 1. The van der Waals surface area contributed by atoms with Crippen LogP contribution < -0.4 is 15.4 Å². The van der Waals surface area contributed by atoms with Crippen molar-refractivity contribution < 1.29 is 14.3 Å². The van der Waals surface area contributed by atoms with E-state index in [1.165, 1.54) is 25.7 Å². The molecule has 25 heavy (non-hydrogen) atoms. The Morgan fingerprint density at radius 1 is 1.12 bits per heavy atom. The highest BCUT2D eigenvalue weighted by molar-refractivity contribution is 5.90. The lowest BCUT2D eigenvalue weighted by atomic mass is 10.1. The van der Waals surface area contributed by atoms with Crippen LogP contribution in [0.4, 0.5) is 10.5 Å². The van der Waals surface area contributed by atoms with Crippen LogP contribution >= 0.6 is 0 Å². The van der Waals surface area contributed by atoms with E-state index < -0.39 is 0 Å². The molecule has 1 aromatic rings. The van der Waals surface area contributed by atoms with Gasteiger partial charge in [0.25, 0.3) is 0 Å². The standard InChI is InChI=1S/C19H27N3O3/c1-25-17-10-8-14(9-11-17)20-19(24)21-15-12-18(23)22(13-15)16-6-4-2-3-5-7-16/h8-11,15-16H,2-7,12-13H2,1H3,(H2,20,21,24)/t15-/m0/s1. The molecule has 1 heterocycles. The Labute approximate surface area is 148 Å². The molecular weight excluding hydrogens is 318 g/mol. The highest BCUT2D eigenvalue weighted by atomic mass is 16.5. The molecule has 1 aliphatic heterocycles. The minimum atomic E-state index is -0.273. The number of amides is 3. The Balaban J connectivity index is 1.50. The lowest BCUT2D eigenvalue weighted by Crippen LogP contribution is -2.42. The number of anilines is 1. The molecular formula is C19H27N3O3. The van der Waals surface area contributed by atoms with Crippen LogP contribution in [0.5, 0.6) is 5.75 Å². The Kier molecular flexibility index (Phi) is 5.79. The molecule has 3 rings (SSSR count). The van der Waals surface area contributed by atoms with E-state index in [9.17, 15) is 9.59 Å².